The zero-order valence-electron chi connectivity index (χ0n) is 14.8. The van der Waals surface area contributed by atoms with Crippen LogP contribution in [0.25, 0.3) is 21.9 Å². The summed E-state index contributed by atoms with van der Waals surface area (Å²) in [5.41, 5.74) is 1.19. The van der Waals surface area contributed by atoms with E-state index < -0.39 is 7.81 Å². The molecule has 0 saturated carbocycles. The van der Waals surface area contributed by atoms with Gasteiger partial charge in [0.1, 0.15) is 17.2 Å². The van der Waals surface area contributed by atoms with Gasteiger partial charge in [-0.05, 0) is 24.3 Å². The molecule has 1 aromatic heterocycles. The smallest absolute Gasteiger partial charge is 0.201 e. The third-order valence-electron chi connectivity index (χ3n) is 3.28. The van der Waals surface area contributed by atoms with E-state index in [1.807, 2.05) is 42.9 Å². The van der Waals surface area contributed by atoms with Crippen LogP contribution in [0.1, 0.15) is 5.56 Å². The molecule has 1 heterocycles. The minimum atomic E-state index is -10.7. The molecule has 11 heteroatoms. The van der Waals surface area contributed by atoms with Crippen molar-refractivity contribution in [2.75, 3.05) is 0 Å². The summed E-state index contributed by atoms with van der Waals surface area (Å²) in [6.45, 7) is 0. The molecule has 1 radical (unpaired) electrons. The first-order chi connectivity index (χ1) is 13.3. The molecule has 2 aromatic carbocycles. The van der Waals surface area contributed by atoms with E-state index in [1.54, 1.807) is 36.4 Å². The van der Waals surface area contributed by atoms with Crippen LogP contribution >= 0.6 is 7.81 Å². The fraction of sp³-hybridized carbons (Fsp3) is 0. The summed E-state index contributed by atoms with van der Waals surface area (Å²) in [5.74, 6) is 0. The Labute approximate surface area is 177 Å². The molecule has 0 aliphatic heterocycles. The Hall–Kier alpha value is -2.59. The molecule has 0 saturated heterocycles. The Morgan fingerprint density at radius 3 is 1.83 bits per heavy atom. The van der Waals surface area contributed by atoms with Crippen molar-refractivity contribution < 1.29 is 46.7 Å². The molecular weight excluding hydrogens is 475 g/mol. The van der Waals surface area contributed by atoms with Gasteiger partial charge in [-0.15, -0.1) is 0 Å². The van der Waals surface area contributed by atoms with E-state index in [2.05, 4.69) is 0 Å². The quantitative estimate of drug-likeness (QED) is 0.143. The number of hydrogen-bond donors (Lipinski definition) is 0. The maximum Gasteiger partial charge on any atom is 0.201 e. The predicted octanol–water partition coefficient (Wildman–Crippen LogP) is 7.51. The number of halogens is 6. The largest absolute Gasteiger partial charge is 0.456 e. The monoisotopic (exact) mass is 487 g/mol. The molecule has 0 bridgehead atoms. The van der Waals surface area contributed by atoms with Gasteiger partial charge in [0.25, 0.3) is 0 Å². The normalized spacial score (nSPS) is 14.3. The Morgan fingerprint density at radius 2 is 1.33 bits per heavy atom. The van der Waals surface area contributed by atoms with Crippen LogP contribution in [0.4, 0.5) is 25.2 Å². The summed E-state index contributed by atoms with van der Waals surface area (Å²) < 4.78 is 64.8. The minimum absolute atomic E-state index is 0. The molecule has 4 rings (SSSR count). The van der Waals surface area contributed by atoms with Crippen molar-refractivity contribution in [1.29, 1.82) is 5.26 Å². The molecule has 0 atom stereocenters. The molecule has 0 unspecified atom stereocenters. The molecule has 0 N–H and O–H groups in total. The summed E-state index contributed by atoms with van der Waals surface area (Å²) in [6, 6.07) is 14.1. The van der Waals surface area contributed by atoms with Gasteiger partial charge < -0.3 is 4.42 Å². The molecule has 1 aliphatic carbocycles. The Balaban J connectivity index is 0.000000288. The molecule has 0 fully saturated rings. The fourth-order valence-electron chi connectivity index (χ4n) is 2.26. The van der Waals surface area contributed by atoms with Crippen molar-refractivity contribution in [2.45, 2.75) is 0 Å². The second-order valence-corrected chi connectivity index (χ2v) is 7.56. The Bertz CT molecular complexity index is 1190. The summed E-state index contributed by atoms with van der Waals surface area (Å²) >= 11 is 0. The van der Waals surface area contributed by atoms with Crippen LogP contribution in [0.15, 0.2) is 76.0 Å². The van der Waals surface area contributed by atoms with Crippen LogP contribution < -0.4 is 5.43 Å². The summed E-state index contributed by atoms with van der Waals surface area (Å²) in [5, 5.41) is 9.86. The summed E-state index contributed by atoms with van der Waals surface area (Å²) in [6.07, 6.45) is 10.0. The molecule has 0 spiro atoms. The standard InChI is InChI=1S/C14H7NO2.C5H5.F6P.Fe/c15-8-9-4-3-7-12-13(9)14(16)10-5-1-2-6-11(10)17-12;1-2-4-5-3-1;1-7(2,3,4,5)6;/h1-7H;1-5H;;/q;;-1;. The number of para-hydroxylation sites is 1. The first-order valence-electron chi connectivity index (χ1n) is 7.84. The number of benzene rings is 2. The molecule has 161 valence electrons. The zero-order chi connectivity index (χ0) is 21.8. The summed E-state index contributed by atoms with van der Waals surface area (Å²) in [4.78, 5) is 12.3. The average Bonchev–Trinajstić information content (AvgIpc) is 3.18. The van der Waals surface area contributed by atoms with Crippen molar-refractivity contribution in [3.8, 4) is 6.07 Å². The van der Waals surface area contributed by atoms with E-state index in [0.717, 1.165) is 0 Å². The molecule has 1 aliphatic rings. The van der Waals surface area contributed by atoms with E-state index in [4.69, 9.17) is 9.68 Å². The second-order valence-electron chi connectivity index (χ2n) is 5.64. The van der Waals surface area contributed by atoms with Gasteiger partial charge in [-0.2, -0.15) is 5.26 Å². The number of allylic oxidation sites excluding steroid dienone is 4. The zero-order valence-corrected chi connectivity index (χ0v) is 16.8. The van der Waals surface area contributed by atoms with E-state index in [9.17, 15) is 30.0 Å². The first kappa shape index (κ1) is 25.4. The third kappa shape index (κ3) is 8.83. The van der Waals surface area contributed by atoms with Crippen molar-refractivity contribution in [3.63, 3.8) is 0 Å². The van der Waals surface area contributed by atoms with Crippen LogP contribution in [-0.4, -0.2) is 0 Å². The van der Waals surface area contributed by atoms with Crippen LogP contribution in [0.5, 0.6) is 0 Å². The van der Waals surface area contributed by atoms with Crippen molar-refractivity contribution in [2.24, 2.45) is 0 Å². The fourth-order valence-corrected chi connectivity index (χ4v) is 2.26. The number of hydrogen-bond acceptors (Lipinski definition) is 3. The maximum absolute atomic E-state index is 12.3. The second kappa shape index (κ2) is 8.65. The van der Waals surface area contributed by atoms with Crippen LogP contribution in [0.3, 0.4) is 0 Å². The Morgan fingerprint density at radius 1 is 0.800 bits per heavy atom. The van der Waals surface area contributed by atoms with Gasteiger partial charge in [-0.25, -0.2) is 0 Å². The van der Waals surface area contributed by atoms with Gasteiger partial charge in [0.15, 0.2) is 0 Å². The van der Waals surface area contributed by atoms with Crippen LogP contribution in [0, 0.1) is 17.8 Å². The molecular formula is C19H12F6FeNO2P-. The molecule has 3 nitrogen and oxygen atoms in total. The maximum atomic E-state index is 12.3. The first-order valence-corrected chi connectivity index (χ1v) is 9.87. The number of rotatable bonds is 0. The summed E-state index contributed by atoms with van der Waals surface area (Å²) in [7, 11) is -10.7. The predicted molar refractivity (Wildman–Crippen MR) is 101 cm³/mol. The van der Waals surface area contributed by atoms with Gasteiger partial charge in [0.2, 0.25) is 5.43 Å². The van der Waals surface area contributed by atoms with Crippen LogP contribution in [0.2, 0.25) is 0 Å². The van der Waals surface area contributed by atoms with Gasteiger partial charge in [0.05, 0.1) is 16.3 Å². The van der Waals surface area contributed by atoms with Gasteiger partial charge >= 0.3 is 33.0 Å². The number of nitriles is 1. The number of fused-ring (bicyclic) bond motifs is 2. The SMILES string of the molecule is F[P-](F)(F)(F)(F)F.N#Cc1cccc2oc3ccccc3c(=O)c12.[CH]1C=CC=C1.[Fe]. The minimum Gasteiger partial charge on any atom is -0.456 e. The van der Waals surface area contributed by atoms with E-state index in [-0.39, 0.29) is 22.5 Å². The number of nitrogens with zero attached hydrogens (tertiary/aromatic N) is 1. The molecule has 3 aromatic rings. The van der Waals surface area contributed by atoms with Crippen molar-refractivity contribution in [3.05, 3.63) is 89.0 Å². The van der Waals surface area contributed by atoms with Crippen molar-refractivity contribution in [1.82, 2.24) is 0 Å². The van der Waals surface area contributed by atoms with E-state index in [0.29, 0.717) is 27.5 Å². The van der Waals surface area contributed by atoms with Gasteiger partial charge in [-0.1, -0.05) is 42.5 Å². The van der Waals surface area contributed by atoms with Crippen LogP contribution in [-0.2, 0) is 17.1 Å². The van der Waals surface area contributed by atoms with Crippen molar-refractivity contribution >= 4 is 29.7 Å². The van der Waals surface area contributed by atoms with Gasteiger partial charge in [0, 0.05) is 23.5 Å². The average molecular weight is 487 g/mol. The van der Waals surface area contributed by atoms with Gasteiger partial charge in [-0.3, -0.25) is 4.79 Å². The topological polar surface area (TPSA) is 54.0 Å². The third-order valence-corrected chi connectivity index (χ3v) is 3.28. The molecule has 30 heavy (non-hydrogen) atoms. The van der Waals surface area contributed by atoms with E-state index >= 15 is 0 Å². The van der Waals surface area contributed by atoms with E-state index in [1.165, 1.54) is 0 Å². The Kier molecular flexibility index (Phi) is 7.33. The molecule has 0 amide bonds.